The van der Waals surface area contributed by atoms with Crippen molar-refractivity contribution >= 4 is 21.6 Å². The van der Waals surface area contributed by atoms with E-state index in [2.05, 4.69) is 0 Å². The van der Waals surface area contributed by atoms with Gasteiger partial charge in [0.05, 0.1) is 0 Å². The van der Waals surface area contributed by atoms with Crippen molar-refractivity contribution in [3.05, 3.63) is 29.6 Å². The Kier molecular flexibility index (Phi) is 5.13. The molecule has 0 fully saturated rings. The fourth-order valence-corrected chi connectivity index (χ4v) is 3.22. The van der Waals surface area contributed by atoms with Crippen molar-refractivity contribution < 1.29 is 12.8 Å². The molecular weight excluding hydrogens is 277 g/mol. The number of benzene rings is 1. The highest BCUT2D eigenvalue weighted by atomic mass is 35.5. The van der Waals surface area contributed by atoms with Crippen molar-refractivity contribution in [2.45, 2.75) is 24.6 Å². The Labute approximate surface area is 113 Å². The van der Waals surface area contributed by atoms with Crippen molar-refractivity contribution in [1.82, 2.24) is 4.31 Å². The largest absolute Gasteiger partial charge is 0.245 e. The number of rotatable bonds is 5. The van der Waals surface area contributed by atoms with Gasteiger partial charge in [0.2, 0.25) is 10.0 Å². The van der Waals surface area contributed by atoms with E-state index in [1.165, 1.54) is 19.2 Å². The van der Waals surface area contributed by atoms with Crippen LogP contribution in [0.25, 0.3) is 0 Å². The van der Waals surface area contributed by atoms with Gasteiger partial charge in [-0.3, -0.25) is 0 Å². The molecule has 0 aliphatic carbocycles. The van der Waals surface area contributed by atoms with Gasteiger partial charge in [-0.15, -0.1) is 11.6 Å². The molecule has 0 unspecified atom stereocenters. The van der Waals surface area contributed by atoms with Crippen molar-refractivity contribution in [1.29, 1.82) is 0 Å². The van der Waals surface area contributed by atoms with Crippen LogP contribution < -0.4 is 0 Å². The van der Waals surface area contributed by atoms with Gasteiger partial charge in [-0.2, -0.15) is 0 Å². The van der Waals surface area contributed by atoms with Crippen LogP contribution in [0, 0.1) is 11.7 Å². The highest BCUT2D eigenvalue weighted by Gasteiger charge is 2.25. The van der Waals surface area contributed by atoms with E-state index in [-0.39, 0.29) is 16.7 Å². The third-order valence-corrected chi connectivity index (χ3v) is 4.61. The summed E-state index contributed by atoms with van der Waals surface area (Å²) in [6.07, 6.45) is 0. The Bertz CT molecular complexity index is 517. The zero-order valence-corrected chi connectivity index (χ0v) is 12.2. The average molecular weight is 294 g/mol. The van der Waals surface area contributed by atoms with Crippen molar-refractivity contribution in [2.75, 3.05) is 13.6 Å². The molecule has 6 heteroatoms. The number of sulfonamides is 1. The van der Waals surface area contributed by atoms with Gasteiger partial charge in [0.1, 0.15) is 10.7 Å². The van der Waals surface area contributed by atoms with Crippen LogP contribution in [-0.2, 0) is 15.9 Å². The van der Waals surface area contributed by atoms with Crippen LogP contribution >= 0.6 is 11.6 Å². The van der Waals surface area contributed by atoms with Crippen LogP contribution in [0.2, 0.25) is 0 Å². The summed E-state index contributed by atoms with van der Waals surface area (Å²) in [6, 6.07) is 3.89. The van der Waals surface area contributed by atoms with Gasteiger partial charge in [-0.1, -0.05) is 19.9 Å². The Balaban J connectivity index is 3.19. The number of nitrogens with zero attached hydrogens (tertiary/aromatic N) is 1. The topological polar surface area (TPSA) is 37.4 Å². The quantitative estimate of drug-likeness (QED) is 0.783. The standard InChI is InChI=1S/C12H17ClFNO2S/c1-9(2)8-15(3)18(16,17)12-6-10(7-13)4-5-11(12)14/h4-6,9H,7-8H2,1-3H3. The van der Waals surface area contributed by atoms with Crippen LogP contribution in [0.15, 0.2) is 23.1 Å². The molecule has 0 aliphatic rings. The van der Waals surface area contributed by atoms with Crippen molar-refractivity contribution in [3.63, 3.8) is 0 Å². The summed E-state index contributed by atoms with van der Waals surface area (Å²) in [7, 11) is -2.35. The van der Waals surface area contributed by atoms with E-state index in [1.807, 2.05) is 13.8 Å². The molecule has 0 amide bonds. The number of alkyl halides is 1. The molecule has 0 bridgehead atoms. The Hall–Kier alpha value is -0.650. The molecule has 18 heavy (non-hydrogen) atoms. The highest BCUT2D eigenvalue weighted by molar-refractivity contribution is 7.89. The molecule has 0 saturated heterocycles. The minimum atomic E-state index is -3.80. The predicted molar refractivity (Wildman–Crippen MR) is 70.6 cm³/mol. The maximum atomic E-state index is 13.7. The first-order valence-electron chi connectivity index (χ1n) is 5.59. The number of hydrogen-bond acceptors (Lipinski definition) is 2. The highest BCUT2D eigenvalue weighted by Crippen LogP contribution is 2.21. The summed E-state index contributed by atoms with van der Waals surface area (Å²) in [4.78, 5) is -0.316. The van der Waals surface area contributed by atoms with E-state index in [0.717, 1.165) is 10.4 Å². The van der Waals surface area contributed by atoms with E-state index < -0.39 is 15.8 Å². The van der Waals surface area contributed by atoms with Crippen LogP contribution in [-0.4, -0.2) is 26.3 Å². The van der Waals surface area contributed by atoms with Gasteiger partial charge in [0.25, 0.3) is 0 Å². The molecule has 0 atom stereocenters. The molecule has 102 valence electrons. The van der Waals surface area contributed by atoms with Crippen LogP contribution in [0.1, 0.15) is 19.4 Å². The van der Waals surface area contributed by atoms with Crippen molar-refractivity contribution in [2.24, 2.45) is 5.92 Å². The molecule has 0 aromatic heterocycles. The van der Waals surface area contributed by atoms with Gasteiger partial charge < -0.3 is 0 Å². The normalized spacial score (nSPS) is 12.4. The fourth-order valence-electron chi connectivity index (χ4n) is 1.61. The molecule has 1 aromatic carbocycles. The maximum absolute atomic E-state index is 13.7. The Morgan fingerprint density at radius 3 is 2.50 bits per heavy atom. The molecule has 0 radical (unpaired) electrons. The van der Waals surface area contributed by atoms with Gasteiger partial charge in [-0.25, -0.2) is 17.1 Å². The van der Waals surface area contributed by atoms with Crippen LogP contribution in [0.4, 0.5) is 4.39 Å². The van der Waals surface area contributed by atoms with E-state index in [0.29, 0.717) is 12.1 Å². The zero-order valence-electron chi connectivity index (χ0n) is 10.7. The smallest absolute Gasteiger partial charge is 0.207 e. The second-order valence-electron chi connectivity index (χ2n) is 4.58. The number of halogens is 2. The van der Waals surface area contributed by atoms with Gasteiger partial charge in [0.15, 0.2) is 0 Å². The molecule has 1 rings (SSSR count). The third kappa shape index (κ3) is 3.43. The maximum Gasteiger partial charge on any atom is 0.245 e. The van der Waals surface area contributed by atoms with Crippen molar-refractivity contribution in [3.8, 4) is 0 Å². The lowest BCUT2D eigenvalue weighted by atomic mass is 10.2. The summed E-state index contributed by atoms with van der Waals surface area (Å²) >= 11 is 5.63. The monoisotopic (exact) mass is 293 g/mol. The lowest BCUT2D eigenvalue weighted by Crippen LogP contribution is -2.31. The summed E-state index contributed by atoms with van der Waals surface area (Å²) < 4.78 is 39.2. The minimum absolute atomic E-state index is 0.149. The third-order valence-electron chi connectivity index (χ3n) is 2.46. The summed E-state index contributed by atoms with van der Waals surface area (Å²) in [5.74, 6) is -0.431. The van der Waals surface area contributed by atoms with Gasteiger partial charge >= 0.3 is 0 Å². The molecule has 0 saturated carbocycles. The van der Waals surface area contributed by atoms with Gasteiger partial charge in [0, 0.05) is 19.5 Å². The van der Waals surface area contributed by atoms with Crippen LogP contribution in [0.5, 0.6) is 0 Å². The first-order valence-corrected chi connectivity index (χ1v) is 7.57. The molecule has 0 spiro atoms. The zero-order chi connectivity index (χ0) is 13.9. The first kappa shape index (κ1) is 15.4. The fraction of sp³-hybridized carbons (Fsp3) is 0.500. The average Bonchev–Trinajstić information content (AvgIpc) is 2.28. The molecule has 0 heterocycles. The summed E-state index contributed by atoms with van der Waals surface area (Å²) in [5, 5.41) is 0. The van der Waals surface area contributed by atoms with E-state index >= 15 is 0 Å². The molecule has 0 N–H and O–H groups in total. The second kappa shape index (κ2) is 5.99. The first-order chi connectivity index (χ1) is 8.28. The molecule has 3 nitrogen and oxygen atoms in total. The molecular formula is C12H17ClFNO2S. The predicted octanol–water partition coefficient (Wildman–Crippen LogP) is 2.84. The minimum Gasteiger partial charge on any atom is -0.207 e. The second-order valence-corrected chi connectivity index (χ2v) is 6.86. The van der Waals surface area contributed by atoms with E-state index in [9.17, 15) is 12.8 Å². The Morgan fingerprint density at radius 1 is 1.39 bits per heavy atom. The summed E-state index contributed by atoms with van der Waals surface area (Å²) in [5.41, 5.74) is 0.578. The van der Waals surface area contributed by atoms with E-state index in [1.54, 1.807) is 0 Å². The van der Waals surface area contributed by atoms with E-state index in [4.69, 9.17) is 11.6 Å². The summed E-state index contributed by atoms with van der Waals surface area (Å²) in [6.45, 7) is 4.14. The number of hydrogen-bond donors (Lipinski definition) is 0. The lowest BCUT2D eigenvalue weighted by Gasteiger charge is -2.19. The van der Waals surface area contributed by atoms with Gasteiger partial charge in [-0.05, 0) is 23.6 Å². The SMILES string of the molecule is CC(C)CN(C)S(=O)(=O)c1cc(CCl)ccc1F. The Morgan fingerprint density at radius 2 is 2.00 bits per heavy atom. The lowest BCUT2D eigenvalue weighted by molar-refractivity contribution is 0.414. The van der Waals surface area contributed by atoms with Crippen LogP contribution in [0.3, 0.4) is 0 Å². The molecule has 1 aromatic rings. The molecule has 0 aliphatic heterocycles.